The molecule has 0 aromatic heterocycles. The fourth-order valence-electron chi connectivity index (χ4n) is 2.65. The molecule has 0 fully saturated rings. The fraction of sp³-hybridized carbons (Fsp3) is 0.316. The number of hydrogen-bond donors (Lipinski definition) is 2. The lowest BCUT2D eigenvalue weighted by Crippen LogP contribution is -2.42. The number of benzene rings is 2. The van der Waals surface area contributed by atoms with Crippen molar-refractivity contribution >= 4 is 18.3 Å². The van der Waals surface area contributed by atoms with Gasteiger partial charge in [-0.2, -0.15) is 0 Å². The molecule has 0 aliphatic heterocycles. The standard InChI is InChI=1S/C19H24N2O.ClH/c1-14(13-20)19(22)21-15(2)18(16-9-5-3-6-10-16)17-11-7-4-8-12-17;/h3-12,14-15,18H,13,20H2,1-2H3,(H,21,22);1H. The first kappa shape index (κ1) is 19.2. The maximum Gasteiger partial charge on any atom is 0.224 e. The second-order valence-electron chi connectivity index (χ2n) is 5.73. The Morgan fingerprint density at radius 1 is 0.957 bits per heavy atom. The maximum absolute atomic E-state index is 12.2. The van der Waals surface area contributed by atoms with Gasteiger partial charge in [-0.15, -0.1) is 12.4 Å². The number of carbonyl (C=O) groups excluding carboxylic acids is 1. The van der Waals surface area contributed by atoms with E-state index < -0.39 is 0 Å². The Bertz CT molecular complexity index is 549. The Labute approximate surface area is 144 Å². The lowest BCUT2D eigenvalue weighted by molar-refractivity contribution is -0.124. The van der Waals surface area contributed by atoms with E-state index in [1.54, 1.807) is 0 Å². The van der Waals surface area contributed by atoms with E-state index in [0.29, 0.717) is 6.54 Å². The molecule has 2 rings (SSSR count). The summed E-state index contributed by atoms with van der Waals surface area (Å²) in [6.07, 6.45) is 0. The average molecular weight is 333 g/mol. The molecule has 0 saturated heterocycles. The van der Waals surface area contributed by atoms with Gasteiger partial charge in [0.25, 0.3) is 0 Å². The number of nitrogens with one attached hydrogen (secondary N) is 1. The third-order valence-corrected chi connectivity index (χ3v) is 3.99. The summed E-state index contributed by atoms with van der Waals surface area (Å²) in [4.78, 5) is 12.2. The van der Waals surface area contributed by atoms with Crippen LogP contribution in [0.4, 0.5) is 0 Å². The molecule has 3 N–H and O–H groups in total. The van der Waals surface area contributed by atoms with Crippen LogP contribution in [-0.2, 0) is 4.79 Å². The van der Waals surface area contributed by atoms with E-state index in [1.165, 1.54) is 11.1 Å². The van der Waals surface area contributed by atoms with Crippen LogP contribution in [0.2, 0.25) is 0 Å². The fourth-order valence-corrected chi connectivity index (χ4v) is 2.65. The molecule has 3 nitrogen and oxygen atoms in total. The molecular weight excluding hydrogens is 308 g/mol. The Morgan fingerprint density at radius 2 is 1.39 bits per heavy atom. The van der Waals surface area contributed by atoms with Crippen LogP contribution in [0.1, 0.15) is 30.9 Å². The van der Waals surface area contributed by atoms with E-state index >= 15 is 0 Å². The van der Waals surface area contributed by atoms with Crippen molar-refractivity contribution in [1.29, 1.82) is 0 Å². The lowest BCUT2D eigenvalue weighted by atomic mass is 9.85. The quantitative estimate of drug-likeness (QED) is 0.852. The molecular formula is C19H25ClN2O. The van der Waals surface area contributed by atoms with Crippen molar-refractivity contribution in [3.05, 3.63) is 71.8 Å². The first-order valence-electron chi connectivity index (χ1n) is 7.73. The van der Waals surface area contributed by atoms with Crippen molar-refractivity contribution in [3.8, 4) is 0 Å². The monoisotopic (exact) mass is 332 g/mol. The lowest BCUT2D eigenvalue weighted by Gasteiger charge is -2.27. The normalized spacial score (nSPS) is 13.0. The Kier molecular flexibility index (Phi) is 7.79. The number of carbonyl (C=O) groups is 1. The molecule has 0 bridgehead atoms. The van der Waals surface area contributed by atoms with Gasteiger partial charge in [0.05, 0.1) is 0 Å². The highest BCUT2D eigenvalue weighted by Crippen LogP contribution is 2.28. The zero-order valence-corrected chi connectivity index (χ0v) is 14.4. The van der Waals surface area contributed by atoms with Crippen LogP contribution in [0.15, 0.2) is 60.7 Å². The summed E-state index contributed by atoms with van der Waals surface area (Å²) in [5.74, 6) is -0.0437. The molecule has 23 heavy (non-hydrogen) atoms. The molecule has 124 valence electrons. The van der Waals surface area contributed by atoms with Crippen LogP contribution in [0.25, 0.3) is 0 Å². The minimum absolute atomic E-state index is 0. The van der Waals surface area contributed by atoms with Crippen LogP contribution >= 0.6 is 12.4 Å². The second kappa shape index (κ2) is 9.33. The SMILES string of the molecule is CC(CN)C(=O)NC(C)C(c1ccccc1)c1ccccc1.Cl. The van der Waals surface area contributed by atoms with Crippen LogP contribution in [0, 0.1) is 5.92 Å². The topological polar surface area (TPSA) is 55.1 Å². The van der Waals surface area contributed by atoms with Gasteiger partial charge in [0, 0.05) is 24.4 Å². The summed E-state index contributed by atoms with van der Waals surface area (Å²) in [5.41, 5.74) is 7.98. The van der Waals surface area contributed by atoms with Gasteiger partial charge >= 0.3 is 0 Å². The van der Waals surface area contributed by atoms with Crippen molar-refractivity contribution in [1.82, 2.24) is 5.32 Å². The molecule has 0 aliphatic carbocycles. The molecule has 0 radical (unpaired) electrons. The molecule has 2 aromatic rings. The van der Waals surface area contributed by atoms with Crippen LogP contribution in [-0.4, -0.2) is 18.5 Å². The number of nitrogens with two attached hydrogens (primary N) is 1. The average Bonchev–Trinajstić information content (AvgIpc) is 2.56. The third-order valence-electron chi connectivity index (χ3n) is 3.99. The number of rotatable bonds is 6. The molecule has 2 atom stereocenters. The molecule has 1 amide bonds. The van der Waals surface area contributed by atoms with Gasteiger partial charge in [-0.3, -0.25) is 4.79 Å². The summed E-state index contributed by atoms with van der Waals surface area (Å²) in [7, 11) is 0. The predicted molar refractivity (Wildman–Crippen MR) is 97.8 cm³/mol. The van der Waals surface area contributed by atoms with Crippen LogP contribution in [0.3, 0.4) is 0 Å². The molecule has 2 unspecified atom stereocenters. The predicted octanol–water partition coefficient (Wildman–Crippen LogP) is 3.34. The summed E-state index contributed by atoms with van der Waals surface area (Å²) in [5, 5.41) is 3.11. The van der Waals surface area contributed by atoms with E-state index in [0.717, 1.165) is 0 Å². The van der Waals surface area contributed by atoms with Gasteiger partial charge in [0.2, 0.25) is 5.91 Å². The van der Waals surface area contributed by atoms with E-state index in [4.69, 9.17) is 5.73 Å². The maximum atomic E-state index is 12.2. The van der Waals surface area contributed by atoms with E-state index in [-0.39, 0.29) is 36.2 Å². The van der Waals surface area contributed by atoms with Crippen LogP contribution in [0.5, 0.6) is 0 Å². The number of amides is 1. The highest BCUT2D eigenvalue weighted by atomic mass is 35.5. The first-order chi connectivity index (χ1) is 10.6. The minimum atomic E-state index is -0.172. The van der Waals surface area contributed by atoms with Crippen molar-refractivity contribution in [2.24, 2.45) is 11.7 Å². The Hall–Kier alpha value is -1.84. The van der Waals surface area contributed by atoms with Crippen molar-refractivity contribution < 1.29 is 4.79 Å². The molecule has 4 heteroatoms. The van der Waals surface area contributed by atoms with Crippen molar-refractivity contribution in [3.63, 3.8) is 0 Å². The highest BCUT2D eigenvalue weighted by Gasteiger charge is 2.24. The van der Waals surface area contributed by atoms with Gasteiger partial charge in [0.1, 0.15) is 0 Å². The largest absolute Gasteiger partial charge is 0.352 e. The third kappa shape index (κ3) is 5.08. The van der Waals surface area contributed by atoms with Crippen LogP contribution < -0.4 is 11.1 Å². The molecule has 0 saturated carbocycles. The molecule has 0 aliphatic rings. The summed E-state index contributed by atoms with van der Waals surface area (Å²) in [6, 6.07) is 20.5. The molecule has 0 spiro atoms. The summed E-state index contributed by atoms with van der Waals surface area (Å²) < 4.78 is 0. The van der Waals surface area contributed by atoms with Gasteiger partial charge in [0.15, 0.2) is 0 Å². The van der Waals surface area contributed by atoms with Crippen molar-refractivity contribution in [2.75, 3.05) is 6.54 Å². The van der Waals surface area contributed by atoms with Gasteiger partial charge in [-0.1, -0.05) is 67.6 Å². The molecule has 0 heterocycles. The van der Waals surface area contributed by atoms with Gasteiger partial charge < -0.3 is 11.1 Å². The Balaban J connectivity index is 0.00000264. The molecule has 2 aromatic carbocycles. The zero-order chi connectivity index (χ0) is 15.9. The zero-order valence-electron chi connectivity index (χ0n) is 13.6. The first-order valence-corrected chi connectivity index (χ1v) is 7.73. The Morgan fingerprint density at radius 3 is 1.78 bits per heavy atom. The van der Waals surface area contributed by atoms with Crippen molar-refractivity contribution in [2.45, 2.75) is 25.8 Å². The van der Waals surface area contributed by atoms with E-state index in [1.807, 2.05) is 50.2 Å². The van der Waals surface area contributed by atoms with E-state index in [9.17, 15) is 4.79 Å². The minimum Gasteiger partial charge on any atom is -0.352 e. The smallest absolute Gasteiger partial charge is 0.224 e. The van der Waals surface area contributed by atoms with E-state index in [2.05, 4.69) is 29.6 Å². The second-order valence-corrected chi connectivity index (χ2v) is 5.73. The highest BCUT2D eigenvalue weighted by molar-refractivity contribution is 5.85. The number of halogens is 1. The number of hydrogen-bond acceptors (Lipinski definition) is 2. The van der Waals surface area contributed by atoms with Gasteiger partial charge in [-0.25, -0.2) is 0 Å². The summed E-state index contributed by atoms with van der Waals surface area (Å²) >= 11 is 0. The summed E-state index contributed by atoms with van der Waals surface area (Å²) in [6.45, 7) is 4.26. The van der Waals surface area contributed by atoms with Gasteiger partial charge in [-0.05, 0) is 18.1 Å².